The van der Waals surface area contributed by atoms with Crippen molar-refractivity contribution in [2.75, 3.05) is 27.8 Å². The molecule has 0 spiro atoms. The molecule has 0 aliphatic carbocycles. The molecule has 2 aromatic rings. The summed E-state index contributed by atoms with van der Waals surface area (Å²) in [6, 6.07) is 11.4. The van der Waals surface area contributed by atoms with Gasteiger partial charge in [0.05, 0.1) is 14.2 Å². The molecule has 0 bridgehead atoms. The van der Waals surface area contributed by atoms with Crippen molar-refractivity contribution in [1.82, 2.24) is 10.6 Å². The van der Waals surface area contributed by atoms with Crippen molar-refractivity contribution in [3.63, 3.8) is 0 Å². The first-order chi connectivity index (χ1) is 12.6. The SMILES string of the molecule is CN=C(NCCc1ccc(C)c(OC)c1)NCc1cc(OC)ccc1O.I. The van der Waals surface area contributed by atoms with Crippen LogP contribution in [-0.4, -0.2) is 38.9 Å². The van der Waals surface area contributed by atoms with Gasteiger partial charge in [-0.15, -0.1) is 24.0 Å². The molecule has 0 atom stereocenters. The molecule has 3 N–H and O–H groups in total. The van der Waals surface area contributed by atoms with Gasteiger partial charge in [-0.2, -0.15) is 0 Å². The number of halogens is 1. The van der Waals surface area contributed by atoms with Gasteiger partial charge in [-0.1, -0.05) is 12.1 Å². The third-order valence-electron chi connectivity index (χ3n) is 4.14. The highest BCUT2D eigenvalue weighted by Crippen LogP contribution is 2.22. The number of phenolic OH excluding ortho intramolecular Hbond substituents is 1. The molecule has 0 saturated heterocycles. The summed E-state index contributed by atoms with van der Waals surface area (Å²) in [5.41, 5.74) is 3.07. The van der Waals surface area contributed by atoms with Crippen LogP contribution in [0.4, 0.5) is 0 Å². The molecule has 0 amide bonds. The zero-order chi connectivity index (χ0) is 18.9. The average molecular weight is 485 g/mol. The Labute approximate surface area is 178 Å². The van der Waals surface area contributed by atoms with Gasteiger partial charge in [0.15, 0.2) is 5.96 Å². The van der Waals surface area contributed by atoms with Crippen molar-refractivity contribution in [3.8, 4) is 17.2 Å². The number of aromatic hydroxyl groups is 1. The maximum atomic E-state index is 9.94. The van der Waals surface area contributed by atoms with Crippen LogP contribution < -0.4 is 20.1 Å². The fourth-order valence-electron chi connectivity index (χ4n) is 2.58. The summed E-state index contributed by atoms with van der Waals surface area (Å²) in [6.45, 7) is 3.21. The molecular weight excluding hydrogens is 457 g/mol. The molecule has 7 heteroatoms. The zero-order valence-corrected chi connectivity index (χ0v) is 18.5. The second kappa shape index (κ2) is 11.5. The molecule has 0 saturated carbocycles. The molecule has 0 fully saturated rings. The van der Waals surface area contributed by atoms with Gasteiger partial charge in [-0.05, 0) is 48.7 Å². The van der Waals surface area contributed by atoms with Gasteiger partial charge in [-0.3, -0.25) is 4.99 Å². The summed E-state index contributed by atoms with van der Waals surface area (Å²) in [6.07, 6.45) is 0.849. The normalized spacial score (nSPS) is 10.7. The lowest BCUT2D eigenvalue weighted by atomic mass is 10.1. The molecule has 27 heavy (non-hydrogen) atoms. The van der Waals surface area contributed by atoms with Crippen molar-refractivity contribution in [2.24, 2.45) is 4.99 Å². The maximum absolute atomic E-state index is 9.94. The lowest BCUT2D eigenvalue weighted by Gasteiger charge is -2.14. The predicted molar refractivity (Wildman–Crippen MR) is 120 cm³/mol. The first-order valence-corrected chi connectivity index (χ1v) is 8.51. The van der Waals surface area contributed by atoms with E-state index in [1.54, 1.807) is 39.5 Å². The number of hydrogen-bond acceptors (Lipinski definition) is 4. The van der Waals surface area contributed by atoms with Crippen LogP contribution in [0.15, 0.2) is 41.4 Å². The van der Waals surface area contributed by atoms with Crippen LogP contribution in [0.2, 0.25) is 0 Å². The number of benzene rings is 2. The molecule has 2 rings (SSSR count). The van der Waals surface area contributed by atoms with Crippen LogP contribution in [0.1, 0.15) is 16.7 Å². The number of ether oxygens (including phenoxy) is 2. The first kappa shape index (κ1) is 22.9. The van der Waals surface area contributed by atoms with Crippen LogP contribution in [-0.2, 0) is 13.0 Å². The highest BCUT2D eigenvalue weighted by molar-refractivity contribution is 14.0. The number of hydrogen-bond donors (Lipinski definition) is 3. The van der Waals surface area contributed by atoms with Gasteiger partial charge in [-0.25, -0.2) is 0 Å². The largest absolute Gasteiger partial charge is 0.508 e. The average Bonchev–Trinajstić information content (AvgIpc) is 2.66. The Morgan fingerprint density at radius 1 is 1.07 bits per heavy atom. The van der Waals surface area contributed by atoms with E-state index in [4.69, 9.17) is 9.47 Å². The second-order valence-electron chi connectivity index (χ2n) is 5.90. The fraction of sp³-hybridized carbons (Fsp3) is 0.350. The Hall–Kier alpha value is -2.16. The van der Waals surface area contributed by atoms with E-state index in [0.29, 0.717) is 18.3 Å². The number of guanidine groups is 1. The summed E-state index contributed by atoms with van der Waals surface area (Å²) < 4.78 is 10.6. The summed E-state index contributed by atoms with van der Waals surface area (Å²) in [4.78, 5) is 4.21. The Morgan fingerprint density at radius 2 is 1.85 bits per heavy atom. The third kappa shape index (κ3) is 6.82. The van der Waals surface area contributed by atoms with Crippen LogP contribution >= 0.6 is 24.0 Å². The minimum absolute atomic E-state index is 0. The van der Waals surface area contributed by atoms with Gasteiger partial charge in [0.1, 0.15) is 17.2 Å². The minimum Gasteiger partial charge on any atom is -0.508 e. The van der Waals surface area contributed by atoms with E-state index < -0.39 is 0 Å². The van der Waals surface area contributed by atoms with Gasteiger partial charge in [0.25, 0.3) is 0 Å². The standard InChI is InChI=1S/C20H27N3O3.HI/c1-14-5-6-15(11-19(14)26-4)9-10-22-20(21-2)23-13-16-12-17(25-3)7-8-18(16)24;/h5-8,11-12,24H,9-10,13H2,1-4H3,(H2,21,22,23);1H. The van der Waals surface area contributed by atoms with E-state index in [0.717, 1.165) is 29.8 Å². The molecule has 2 aromatic carbocycles. The summed E-state index contributed by atoms with van der Waals surface area (Å²) in [5, 5.41) is 16.4. The topological polar surface area (TPSA) is 75.1 Å². The van der Waals surface area contributed by atoms with Crippen molar-refractivity contribution in [1.29, 1.82) is 0 Å². The van der Waals surface area contributed by atoms with Crippen molar-refractivity contribution in [2.45, 2.75) is 19.9 Å². The first-order valence-electron chi connectivity index (χ1n) is 8.51. The third-order valence-corrected chi connectivity index (χ3v) is 4.14. The quantitative estimate of drug-likeness (QED) is 0.319. The Balaban J connectivity index is 0.00000364. The molecule has 6 nitrogen and oxygen atoms in total. The molecule has 0 radical (unpaired) electrons. The van der Waals surface area contributed by atoms with E-state index >= 15 is 0 Å². The highest BCUT2D eigenvalue weighted by atomic mass is 127. The van der Waals surface area contributed by atoms with Crippen LogP contribution in [0.25, 0.3) is 0 Å². The molecular formula is C20H28IN3O3. The summed E-state index contributed by atoms with van der Waals surface area (Å²) in [5.74, 6) is 2.50. The molecule has 148 valence electrons. The number of nitrogens with zero attached hydrogens (tertiary/aromatic N) is 1. The van der Waals surface area contributed by atoms with Gasteiger partial charge < -0.3 is 25.2 Å². The Bertz CT molecular complexity index is 766. The van der Waals surface area contributed by atoms with Gasteiger partial charge in [0.2, 0.25) is 0 Å². The Kier molecular flexibility index (Phi) is 9.77. The number of phenols is 1. The van der Waals surface area contributed by atoms with Crippen molar-refractivity contribution < 1.29 is 14.6 Å². The van der Waals surface area contributed by atoms with E-state index in [1.165, 1.54) is 5.56 Å². The summed E-state index contributed by atoms with van der Waals surface area (Å²) >= 11 is 0. The van der Waals surface area contributed by atoms with Crippen molar-refractivity contribution in [3.05, 3.63) is 53.1 Å². The lowest BCUT2D eigenvalue weighted by Crippen LogP contribution is -2.37. The van der Waals surface area contributed by atoms with Gasteiger partial charge in [0, 0.05) is 25.7 Å². The number of nitrogens with one attached hydrogen (secondary N) is 2. The van der Waals surface area contributed by atoms with Crippen LogP contribution in [0.5, 0.6) is 17.2 Å². The maximum Gasteiger partial charge on any atom is 0.191 e. The minimum atomic E-state index is 0. The molecule has 0 aliphatic rings. The van der Waals surface area contributed by atoms with E-state index in [1.807, 2.05) is 6.92 Å². The lowest BCUT2D eigenvalue weighted by molar-refractivity contribution is 0.410. The van der Waals surface area contributed by atoms with E-state index in [2.05, 4.69) is 33.8 Å². The smallest absolute Gasteiger partial charge is 0.191 e. The van der Waals surface area contributed by atoms with E-state index in [9.17, 15) is 5.11 Å². The molecule has 0 aliphatic heterocycles. The zero-order valence-electron chi connectivity index (χ0n) is 16.2. The number of aryl methyl sites for hydroxylation is 1. The predicted octanol–water partition coefficient (Wildman–Crippen LogP) is 3.24. The number of rotatable bonds is 7. The Morgan fingerprint density at radius 3 is 2.52 bits per heavy atom. The molecule has 0 unspecified atom stereocenters. The molecule has 0 aromatic heterocycles. The monoisotopic (exact) mass is 485 g/mol. The fourth-order valence-corrected chi connectivity index (χ4v) is 2.58. The summed E-state index contributed by atoms with van der Waals surface area (Å²) in [7, 11) is 5.00. The van der Waals surface area contributed by atoms with Crippen molar-refractivity contribution >= 4 is 29.9 Å². The number of aliphatic imine (C=N–C) groups is 1. The number of methoxy groups -OCH3 is 2. The van der Waals surface area contributed by atoms with Crippen LogP contribution in [0.3, 0.4) is 0 Å². The van der Waals surface area contributed by atoms with Crippen LogP contribution in [0, 0.1) is 6.92 Å². The van der Waals surface area contributed by atoms with E-state index in [-0.39, 0.29) is 29.7 Å². The van der Waals surface area contributed by atoms with Gasteiger partial charge >= 0.3 is 0 Å². The molecule has 0 heterocycles. The second-order valence-corrected chi connectivity index (χ2v) is 5.90. The highest BCUT2D eigenvalue weighted by Gasteiger charge is 2.05.